The predicted octanol–water partition coefficient (Wildman–Crippen LogP) is 4.22. The van der Waals surface area contributed by atoms with Crippen LogP contribution in [0, 0.1) is 0 Å². The van der Waals surface area contributed by atoms with Crippen molar-refractivity contribution in [2.75, 3.05) is 27.3 Å². The number of rotatable bonds is 10. The number of halogens is 3. The van der Waals surface area contributed by atoms with Crippen molar-refractivity contribution < 1.29 is 23.0 Å². The second-order valence-corrected chi connectivity index (χ2v) is 6.07. The summed E-state index contributed by atoms with van der Waals surface area (Å²) in [5.41, 5.74) is 1.70. The minimum atomic E-state index is -2.92. The molecule has 0 saturated heterocycles. The average molecular weight is 535 g/mol. The third-order valence-electron chi connectivity index (χ3n) is 4.11. The highest BCUT2D eigenvalue weighted by Crippen LogP contribution is 2.27. The maximum absolute atomic E-state index is 12.7. The van der Waals surface area contributed by atoms with Gasteiger partial charge in [-0.1, -0.05) is 12.1 Å². The lowest BCUT2D eigenvalue weighted by Crippen LogP contribution is -2.38. The van der Waals surface area contributed by atoms with E-state index in [4.69, 9.17) is 9.47 Å². The molecule has 2 aromatic rings. The van der Waals surface area contributed by atoms with Crippen molar-refractivity contribution in [3.05, 3.63) is 53.6 Å². The highest BCUT2D eigenvalue weighted by atomic mass is 127. The van der Waals surface area contributed by atoms with Crippen molar-refractivity contribution >= 4 is 29.9 Å². The Morgan fingerprint density at radius 1 is 1.00 bits per heavy atom. The molecule has 2 aromatic carbocycles. The third-order valence-corrected chi connectivity index (χ3v) is 4.11. The van der Waals surface area contributed by atoms with Gasteiger partial charge in [0.15, 0.2) is 5.96 Å². The van der Waals surface area contributed by atoms with Gasteiger partial charge in [-0.05, 0) is 43.2 Å². The summed E-state index contributed by atoms with van der Waals surface area (Å²) in [7, 11) is 3.10. The van der Waals surface area contributed by atoms with E-state index >= 15 is 0 Å². The lowest BCUT2D eigenvalue weighted by molar-refractivity contribution is -0.0505. The lowest BCUT2D eigenvalue weighted by atomic mass is 10.1. The van der Waals surface area contributed by atoms with Crippen LogP contribution in [0.5, 0.6) is 17.2 Å². The van der Waals surface area contributed by atoms with E-state index in [2.05, 4.69) is 20.4 Å². The van der Waals surface area contributed by atoms with Gasteiger partial charge in [-0.2, -0.15) is 8.78 Å². The van der Waals surface area contributed by atoms with Crippen LogP contribution in [0.15, 0.2) is 47.5 Å². The first-order chi connectivity index (χ1) is 14.0. The molecule has 0 saturated carbocycles. The van der Waals surface area contributed by atoms with Crippen LogP contribution in [-0.4, -0.2) is 39.9 Å². The van der Waals surface area contributed by atoms with Gasteiger partial charge in [0, 0.05) is 24.7 Å². The number of benzene rings is 2. The van der Waals surface area contributed by atoms with Crippen LogP contribution < -0.4 is 24.8 Å². The monoisotopic (exact) mass is 535 g/mol. The van der Waals surface area contributed by atoms with E-state index in [0.717, 1.165) is 17.7 Å². The van der Waals surface area contributed by atoms with E-state index in [0.29, 0.717) is 30.4 Å². The van der Waals surface area contributed by atoms with Crippen molar-refractivity contribution in [2.45, 2.75) is 26.5 Å². The molecule has 0 heterocycles. The van der Waals surface area contributed by atoms with Crippen LogP contribution in [0.4, 0.5) is 8.78 Å². The summed E-state index contributed by atoms with van der Waals surface area (Å²) in [6, 6.07) is 12.6. The van der Waals surface area contributed by atoms with Crippen LogP contribution in [0.1, 0.15) is 18.1 Å². The summed E-state index contributed by atoms with van der Waals surface area (Å²) in [5, 5.41) is 6.39. The Morgan fingerprint density at radius 2 is 1.67 bits per heavy atom. The third kappa shape index (κ3) is 8.60. The minimum absolute atomic E-state index is 0. The summed E-state index contributed by atoms with van der Waals surface area (Å²) in [6.07, 6.45) is 0.802. The van der Waals surface area contributed by atoms with Gasteiger partial charge in [-0.25, -0.2) is 4.99 Å². The fourth-order valence-electron chi connectivity index (χ4n) is 2.62. The first-order valence-corrected chi connectivity index (χ1v) is 9.32. The van der Waals surface area contributed by atoms with Crippen LogP contribution >= 0.6 is 24.0 Å². The first-order valence-electron chi connectivity index (χ1n) is 9.32. The number of nitrogens with zero attached hydrogens (tertiary/aromatic N) is 1. The van der Waals surface area contributed by atoms with Gasteiger partial charge in [0.05, 0.1) is 20.8 Å². The Balaban J connectivity index is 0.00000450. The van der Waals surface area contributed by atoms with Crippen LogP contribution in [-0.2, 0) is 13.0 Å². The molecule has 6 nitrogen and oxygen atoms in total. The van der Waals surface area contributed by atoms with Gasteiger partial charge in [-0.15, -0.1) is 24.0 Å². The minimum Gasteiger partial charge on any atom is -0.497 e. The zero-order valence-corrected chi connectivity index (χ0v) is 19.6. The summed E-state index contributed by atoms with van der Waals surface area (Å²) in [5.74, 6) is 1.91. The average Bonchev–Trinajstić information content (AvgIpc) is 2.72. The summed E-state index contributed by atoms with van der Waals surface area (Å²) < 4.78 is 40.2. The molecular weight excluding hydrogens is 507 g/mol. The molecule has 0 spiro atoms. The van der Waals surface area contributed by atoms with Crippen molar-refractivity contribution in [3.8, 4) is 17.2 Å². The maximum Gasteiger partial charge on any atom is 0.387 e. The lowest BCUT2D eigenvalue weighted by Gasteiger charge is -2.13. The summed E-state index contributed by atoms with van der Waals surface area (Å²) in [4.78, 5) is 4.47. The van der Waals surface area contributed by atoms with Gasteiger partial charge < -0.3 is 24.8 Å². The van der Waals surface area contributed by atoms with Gasteiger partial charge in [-0.3, -0.25) is 0 Å². The molecule has 2 rings (SSSR count). The standard InChI is InChI=1S/C21H27F2N3O3.HI/c1-4-24-21(25-12-11-15-5-8-17(27-2)9-6-15)26-14-16-7-10-18(28-3)13-19(16)29-20(22)23;/h5-10,13,20H,4,11-12,14H2,1-3H3,(H2,24,25,26);1H. The van der Waals surface area contributed by atoms with E-state index in [1.54, 1.807) is 19.2 Å². The molecule has 0 aliphatic heterocycles. The van der Waals surface area contributed by atoms with Crippen molar-refractivity contribution in [1.29, 1.82) is 0 Å². The molecule has 166 valence electrons. The van der Waals surface area contributed by atoms with Gasteiger partial charge >= 0.3 is 6.61 Å². The van der Waals surface area contributed by atoms with Gasteiger partial charge in [0.2, 0.25) is 0 Å². The molecule has 30 heavy (non-hydrogen) atoms. The molecule has 0 aromatic heterocycles. The highest BCUT2D eigenvalue weighted by Gasteiger charge is 2.11. The van der Waals surface area contributed by atoms with E-state index in [1.165, 1.54) is 13.2 Å². The molecule has 0 aliphatic rings. The number of aliphatic imine (C=N–C) groups is 1. The topological polar surface area (TPSA) is 64.1 Å². The molecule has 0 aliphatic carbocycles. The smallest absolute Gasteiger partial charge is 0.387 e. The zero-order chi connectivity index (χ0) is 21.1. The Hall–Kier alpha value is -2.30. The van der Waals surface area contributed by atoms with Gasteiger partial charge in [0.1, 0.15) is 17.2 Å². The Kier molecular flexibility index (Phi) is 11.9. The Bertz CT molecular complexity index is 790. The van der Waals surface area contributed by atoms with Crippen LogP contribution in [0.25, 0.3) is 0 Å². The van der Waals surface area contributed by atoms with E-state index in [-0.39, 0.29) is 36.3 Å². The second-order valence-electron chi connectivity index (χ2n) is 6.07. The largest absolute Gasteiger partial charge is 0.497 e. The number of guanidine groups is 1. The Morgan fingerprint density at radius 3 is 2.27 bits per heavy atom. The Labute approximate surface area is 193 Å². The molecule has 2 N–H and O–H groups in total. The fourth-order valence-corrected chi connectivity index (χ4v) is 2.62. The molecule has 0 radical (unpaired) electrons. The highest BCUT2D eigenvalue weighted by molar-refractivity contribution is 14.0. The molecule has 0 unspecified atom stereocenters. The number of hydrogen-bond acceptors (Lipinski definition) is 4. The SMILES string of the molecule is CCNC(=NCc1ccc(OC)cc1OC(F)F)NCCc1ccc(OC)cc1.I. The van der Waals surface area contributed by atoms with E-state index in [1.807, 2.05) is 31.2 Å². The van der Waals surface area contributed by atoms with Crippen LogP contribution in [0.2, 0.25) is 0 Å². The maximum atomic E-state index is 12.7. The van der Waals surface area contributed by atoms with Crippen molar-refractivity contribution in [2.24, 2.45) is 4.99 Å². The molecule has 0 amide bonds. The quantitative estimate of drug-likeness (QED) is 0.271. The fraction of sp³-hybridized carbons (Fsp3) is 0.381. The molecule has 0 fully saturated rings. The first kappa shape index (κ1) is 25.7. The normalized spacial score (nSPS) is 10.9. The van der Waals surface area contributed by atoms with Crippen LogP contribution in [0.3, 0.4) is 0 Å². The molecule has 0 atom stereocenters. The number of alkyl halides is 2. The van der Waals surface area contributed by atoms with Crippen molar-refractivity contribution in [3.63, 3.8) is 0 Å². The zero-order valence-electron chi connectivity index (χ0n) is 17.3. The second kappa shape index (κ2) is 13.8. The number of hydrogen-bond donors (Lipinski definition) is 2. The van der Waals surface area contributed by atoms with E-state index < -0.39 is 6.61 Å². The van der Waals surface area contributed by atoms with Gasteiger partial charge in [0.25, 0.3) is 0 Å². The molecule has 0 bridgehead atoms. The molecule has 9 heteroatoms. The van der Waals surface area contributed by atoms with E-state index in [9.17, 15) is 8.78 Å². The summed E-state index contributed by atoms with van der Waals surface area (Å²) >= 11 is 0. The number of nitrogens with one attached hydrogen (secondary N) is 2. The number of methoxy groups -OCH3 is 2. The predicted molar refractivity (Wildman–Crippen MR) is 125 cm³/mol. The van der Waals surface area contributed by atoms with Crippen molar-refractivity contribution in [1.82, 2.24) is 10.6 Å². The number of ether oxygens (including phenoxy) is 3. The molecular formula is C21H28F2IN3O3. The summed E-state index contributed by atoms with van der Waals surface area (Å²) in [6.45, 7) is 0.572.